The van der Waals surface area contributed by atoms with Crippen LogP contribution in [0.1, 0.15) is 70.3 Å². The molecule has 34 heavy (non-hydrogen) atoms. The highest BCUT2D eigenvalue weighted by Gasteiger charge is 2.76. The van der Waals surface area contributed by atoms with E-state index in [1.165, 1.54) is 0 Å². The molecule has 0 aromatic heterocycles. The molecule has 1 aromatic carbocycles. The van der Waals surface area contributed by atoms with Crippen LogP contribution in [0.25, 0.3) is 0 Å². The average Bonchev–Trinajstić information content (AvgIpc) is 2.93. The molecule has 0 radical (unpaired) electrons. The van der Waals surface area contributed by atoms with Crippen molar-refractivity contribution in [1.29, 1.82) is 0 Å². The van der Waals surface area contributed by atoms with E-state index in [9.17, 15) is 19.8 Å². The number of phenols is 2. The van der Waals surface area contributed by atoms with Gasteiger partial charge < -0.3 is 19.7 Å². The van der Waals surface area contributed by atoms with Crippen molar-refractivity contribution in [2.75, 3.05) is 0 Å². The maximum absolute atomic E-state index is 14.4. The van der Waals surface area contributed by atoms with E-state index < -0.39 is 28.0 Å². The number of rotatable bonds is 4. The Hall–Kier alpha value is -2.86. The third-order valence-electron chi connectivity index (χ3n) is 8.31. The highest BCUT2D eigenvalue weighted by Crippen LogP contribution is 2.65. The molecule has 0 amide bonds. The lowest BCUT2D eigenvalue weighted by molar-refractivity contribution is -0.166. The fourth-order valence-electron chi connectivity index (χ4n) is 6.50. The number of carbonyl (C=O) groups excluding carboxylic acids is 2. The van der Waals surface area contributed by atoms with Gasteiger partial charge in [-0.05, 0) is 27.7 Å². The summed E-state index contributed by atoms with van der Waals surface area (Å²) in [6.45, 7) is 15.5. The van der Waals surface area contributed by atoms with Gasteiger partial charge in [0, 0.05) is 47.3 Å². The summed E-state index contributed by atoms with van der Waals surface area (Å²) in [5, 5.41) is 21.5. The van der Waals surface area contributed by atoms with Crippen LogP contribution in [0.2, 0.25) is 0 Å². The van der Waals surface area contributed by atoms with Gasteiger partial charge >= 0.3 is 0 Å². The molecular weight excluding hydrogens is 432 g/mol. The van der Waals surface area contributed by atoms with Crippen LogP contribution in [-0.2, 0) is 14.9 Å². The van der Waals surface area contributed by atoms with E-state index >= 15 is 0 Å². The Morgan fingerprint density at radius 2 is 1.91 bits per heavy atom. The van der Waals surface area contributed by atoms with Crippen LogP contribution in [0.3, 0.4) is 0 Å². The Kier molecular flexibility index (Phi) is 4.47. The summed E-state index contributed by atoms with van der Waals surface area (Å²) in [5.41, 5.74) is -2.39. The standard InChI is InChI=1S/C28H32O6/c1-8-25(4,5)21-19(30)12-18(29)20-22(31)16-11-15-17-13-28(16,33-23(20)21)24(32)27(15,10-9-14(2)3)34-26(17,6)7/h8-9,11-12,15,17,29-30H,1,10,13H2,2-7H3/t15-,17+,27+,28+/m0/s1. The first-order valence-corrected chi connectivity index (χ1v) is 11.8. The van der Waals surface area contributed by atoms with E-state index in [4.69, 9.17) is 9.47 Å². The zero-order chi connectivity index (χ0) is 25.0. The van der Waals surface area contributed by atoms with Crippen molar-refractivity contribution in [3.8, 4) is 17.2 Å². The summed E-state index contributed by atoms with van der Waals surface area (Å²) in [4.78, 5) is 28.2. The van der Waals surface area contributed by atoms with Crippen molar-refractivity contribution in [2.24, 2.45) is 11.8 Å². The van der Waals surface area contributed by atoms with Crippen molar-refractivity contribution < 1.29 is 29.3 Å². The lowest BCUT2D eigenvalue weighted by atomic mass is 9.53. The average molecular weight is 465 g/mol. The number of benzene rings is 1. The number of hydrogen-bond acceptors (Lipinski definition) is 6. The van der Waals surface area contributed by atoms with Gasteiger partial charge in [0.15, 0.2) is 5.60 Å². The van der Waals surface area contributed by atoms with E-state index in [0.717, 1.165) is 11.6 Å². The molecular formula is C28H32O6. The van der Waals surface area contributed by atoms with Gasteiger partial charge in [-0.15, -0.1) is 6.58 Å². The quantitative estimate of drug-likeness (QED) is 0.614. The highest BCUT2D eigenvalue weighted by atomic mass is 16.6. The van der Waals surface area contributed by atoms with Gasteiger partial charge in [0.1, 0.15) is 28.4 Å². The van der Waals surface area contributed by atoms with Gasteiger partial charge in [-0.25, -0.2) is 0 Å². The lowest BCUT2D eigenvalue weighted by Crippen LogP contribution is -2.68. The van der Waals surface area contributed by atoms with E-state index in [2.05, 4.69) is 6.58 Å². The van der Waals surface area contributed by atoms with Crippen molar-refractivity contribution >= 4 is 11.6 Å². The summed E-state index contributed by atoms with van der Waals surface area (Å²) < 4.78 is 13.1. The number of aromatic hydroxyl groups is 2. The van der Waals surface area contributed by atoms with E-state index in [-0.39, 0.29) is 46.0 Å². The molecule has 1 saturated heterocycles. The van der Waals surface area contributed by atoms with Crippen molar-refractivity contribution in [3.63, 3.8) is 0 Å². The number of phenolic OH excluding ortho intramolecular Hbond substituents is 2. The van der Waals surface area contributed by atoms with Gasteiger partial charge in [0.05, 0.1) is 5.60 Å². The van der Waals surface area contributed by atoms with Gasteiger partial charge in [0.25, 0.3) is 0 Å². The second kappa shape index (κ2) is 6.63. The number of hydrogen-bond donors (Lipinski definition) is 2. The molecule has 180 valence electrons. The maximum Gasteiger partial charge on any atom is 0.213 e. The summed E-state index contributed by atoms with van der Waals surface area (Å²) in [6, 6.07) is 1.16. The predicted octanol–water partition coefficient (Wildman–Crippen LogP) is 4.92. The minimum Gasteiger partial charge on any atom is -0.507 e. The van der Waals surface area contributed by atoms with Crippen LogP contribution in [0.5, 0.6) is 17.2 Å². The van der Waals surface area contributed by atoms with Crippen LogP contribution in [0.4, 0.5) is 0 Å². The zero-order valence-corrected chi connectivity index (χ0v) is 20.6. The summed E-state index contributed by atoms with van der Waals surface area (Å²) >= 11 is 0. The van der Waals surface area contributed by atoms with E-state index in [1.807, 2.05) is 53.7 Å². The molecule has 2 heterocycles. The van der Waals surface area contributed by atoms with Gasteiger partial charge in [0.2, 0.25) is 11.6 Å². The van der Waals surface area contributed by atoms with Crippen LogP contribution in [0.15, 0.2) is 42.0 Å². The fourth-order valence-corrected chi connectivity index (χ4v) is 6.50. The first-order valence-electron chi connectivity index (χ1n) is 11.8. The molecule has 2 aliphatic heterocycles. The maximum atomic E-state index is 14.4. The minimum absolute atomic E-state index is 0.0224. The molecule has 1 saturated carbocycles. The Labute approximate surface area is 200 Å². The minimum atomic E-state index is -1.53. The molecule has 6 heteroatoms. The lowest BCUT2D eigenvalue weighted by Gasteiger charge is -2.53. The molecule has 1 aromatic rings. The number of fused-ring (bicyclic) bond motifs is 1. The normalized spacial score (nSPS) is 32.5. The molecule has 1 spiro atoms. The topological polar surface area (TPSA) is 93.1 Å². The second-order valence-electron chi connectivity index (χ2n) is 11.5. The molecule has 3 aliphatic carbocycles. The predicted molar refractivity (Wildman–Crippen MR) is 127 cm³/mol. The fraction of sp³-hybridized carbons (Fsp3) is 0.500. The van der Waals surface area contributed by atoms with Gasteiger partial charge in [-0.1, -0.05) is 37.6 Å². The third kappa shape index (κ3) is 2.60. The van der Waals surface area contributed by atoms with Crippen molar-refractivity contribution in [2.45, 2.75) is 76.6 Å². The Morgan fingerprint density at radius 3 is 2.53 bits per heavy atom. The summed E-state index contributed by atoms with van der Waals surface area (Å²) in [5.74, 6) is -1.53. The molecule has 4 bridgehead atoms. The molecule has 6 rings (SSSR count). The highest BCUT2D eigenvalue weighted by molar-refractivity contribution is 6.21. The van der Waals surface area contributed by atoms with E-state index in [1.54, 1.807) is 6.08 Å². The zero-order valence-electron chi connectivity index (χ0n) is 20.6. The molecule has 0 unspecified atom stereocenters. The molecule has 6 nitrogen and oxygen atoms in total. The Balaban J connectivity index is 1.79. The Morgan fingerprint density at radius 1 is 1.24 bits per heavy atom. The molecule has 5 aliphatic rings. The third-order valence-corrected chi connectivity index (χ3v) is 8.31. The SMILES string of the molecule is C=CC(C)(C)c1c(O)cc(O)c2c1O[C@]13C[C@@H]4[C@H](C=C1C2=O)[C@@](CC=C(C)C)(OC4(C)C)C3=O. The molecule has 2 N–H and O–H groups in total. The second-order valence-corrected chi connectivity index (χ2v) is 11.5. The van der Waals surface area contributed by atoms with Crippen LogP contribution in [0, 0.1) is 11.8 Å². The molecule has 4 atom stereocenters. The van der Waals surface area contributed by atoms with Crippen molar-refractivity contribution in [3.05, 3.63) is 53.1 Å². The summed E-state index contributed by atoms with van der Waals surface area (Å²) in [7, 11) is 0. The first kappa shape index (κ1) is 22.9. The Bertz CT molecular complexity index is 1230. The molecule has 2 fully saturated rings. The largest absolute Gasteiger partial charge is 0.507 e. The number of ether oxygens (including phenoxy) is 2. The van der Waals surface area contributed by atoms with E-state index in [0.29, 0.717) is 18.4 Å². The van der Waals surface area contributed by atoms with Crippen LogP contribution < -0.4 is 4.74 Å². The first-order chi connectivity index (χ1) is 15.7. The van der Waals surface area contributed by atoms with Crippen LogP contribution in [-0.4, -0.2) is 38.6 Å². The number of ketones is 2. The number of carbonyl (C=O) groups is 2. The number of allylic oxidation sites excluding steroid dienone is 2. The summed E-state index contributed by atoms with van der Waals surface area (Å²) in [6.07, 6.45) is 6.21. The number of Topliss-reactive ketones (excluding diaryl/α,β-unsaturated/α-hetero) is 2. The monoisotopic (exact) mass is 464 g/mol. The van der Waals surface area contributed by atoms with Crippen molar-refractivity contribution in [1.82, 2.24) is 0 Å². The van der Waals surface area contributed by atoms with Gasteiger partial charge in [-0.2, -0.15) is 0 Å². The van der Waals surface area contributed by atoms with Crippen LogP contribution >= 0.6 is 0 Å². The van der Waals surface area contributed by atoms with Gasteiger partial charge in [-0.3, -0.25) is 9.59 Å². The smallest absolute Gasteiger partial charge is 0.213 e.